The predicted octanol–water partition coefficient (Wildman–Crippen LogP) is 1.06. The van der Waals surface area contributed by atoms with Gasteiger partial charge in [-0.1, -0.05) is 12.1 Å². The summed E-state index contributed by atoms with van der Waals surface area (Å²) in [5.41, 5.74) is 1.52. The number of carbonyl (C=O) groups excluding carboxylic acids is 1. The van der Waals surface area contributed by atoms with Crippen molar-refractivity contribution in [3.8, 4) is 0 Å². The van der Waals surface area contributed by atoms with Crippen LogP contribution in [0.25, 0.3) is 11.0 Å². The number of anilines is 1. The molecule has 0 aliphatic carbocycles. The molecule has 0 unspecified atom stereocenters. The van der Waals surface area contributed by atoms with Crippen LogP contribution in [0.3, 0.4) is 0 Å². The van der Waals surface area contributed by atoms with Crippen LogP contribution < -0.4 is 5.32 Å². The van der Waals surface area contributed by atoms with E-state index in [1.165, 1.54) is 0 Å². The Hall–Kier alpha value is -2.24. The summed E-state index contributed by atoms with van der Waals surface area (Å²) in [4.78, 5) is 18.1. The summed E-state index contributed by atoms with van der Waals surface area (Å²) in [6.45, 7) is 1.94. The van der Waals surface area contributed by atoms with E-state index < -0.39 is 0 Å². The fraction of sp³-hybridized carbons (Fsp3) is 0.385. The summed E-state index contributed by atoms with van der Waals surface area (Å²) >= 11 is 0. The van der Waals surface area contributed by atoms with Gasteiger partial charge >= 0.3 is 0 Å². The molecule has 19 heavy (non-hydrogen) atoms. The zero-order valence-corrected chi connectivity index (χ0v) is 10.5. The molecule has 2 heterocycles. The van der Waals surface area contributed by atoms with Gasteiger partial charge in [-0.15, -0.1) is 10.2 Å². The maximum atomic E-state index is 11.9. The average molecular weight is 257 g/mol. The number of aromatic nitrogens is 3. The Morgan fingerprint density at radius 1 is 1.16 bits per heavy atom. The Kier molecular flexibility index (Phi) is 3.22. The van der Waals surface area contributed by atoms with Crippen LogP contribution >= 0.6 is 0 Å². The summed E-state index contributed by atoms with van der Waals surface area (Å²) in [5.74, 6) is 0.487. The van der Waals surface area contributed by atoms with Gasteiger partial charge in [-0.25, -0.2) is 4.98 Å². The van der Waals surface area contributed by atoms with E-state index >= 15 is 0 Å². The van der Waals surface area contributed by atoms with E-state index in [1.54, 1.807) is 0 Å². The number of hydrogen-bond acceptors (Lipinski definition) is 5. The van der Waals surface area contributed by atoms with Crippen LogP contribution in [0.15, 0.2) is 24.3 Å². The predicted molar refractivity (Wildman–Crippen MR) is 71.6 cm³/mol. The summed E-state index contributed by atoms with van der Waals surface area (Å²) < 4.78 is 0. The maximum Gasteiger partial charge on any atom is 0.243 e. The standard InChI is InChI=1S/C13H15N5O/c19-12(18-7-3-4-8-18)9-14-13-15-10-5-1-2-6-11(10)16-17-13/h1-2,5-6H,3-4,7-9H2,(H,14,15,17). The van der Waals surface area contributed by atoms with Crippen molar-refractivity contribution in [1.29, 1.82) is 0 Å². The van der Waals surface area contributed by atoms with Gasteiger partial charge in [0.1, 0.15) is 5.52 Å². The molecule has 1 aromatic heterocycles. The largest absolute Gasteiger partial charge is 0.344 e. The van der Waals surface area contributed by atoms with Crippen LogP contribution in [-0.2, 0) is 4.79 Å². The molecule has 1 fully saturated rings. The molecule has 0 bridgehead atoms. The van der Waals surface area contributed by atoms with Crippen molar-refractivity contribution >= 4 is 22.9 Å². The molecule has 1 amide bonds. The number of nitrogens with one attached hydrogen (secondary N) is 1. The van der Waals surface area contributed by atoms with Gasteiger partial charge in [0.15, 0.2) is 0 Å². The van der Waals surface area contributed by atoms with Gasteiger partial charge in [0.25, 0.3) is 0 Å². The number of hydrogen-bond donors (Lipinski definition) is 1. The van der Waals surface area contributed by atoms with Gasteiger partial charge in [-0.2, -0.15) is 0 Å². The molecule has 1 saturated heterocycles. The molecule has 0 atom stereocenters. The van der Waals surface area contributed by atoms with E-state index in [0.29, 0.717) is 5.95 Å². The van der Waals surface area contributed by atoms with Gasteiger partial charge in [0, 0.05) is 13.1 Å². The monoisotopic (exact) mass is 257 g/mol. The van der Waals surface area contributed by atoms with Crippen LogP contribution in [0.1, 0.15) is 12.8 Å². The van der Waals surface area contributed by atoms with E-state index in [-0.39, 0.29) is 12.5 Å². The second-order valence-electron chi connectivity index (χ2n) is 4.57. The van der Waals surface area contributed by atoms with Gasteiger partial charge in [-0.05, 0) is 25.0 Å². The zero-order chi connectivity index (χ0) is 13.1. The second kappa shape index (κ2) is 5.17. The molecular weight excluding hydrogens is 242 g/mol. The summed E-state index contributed by atoms with van der Waals surface area (Å²) in [5, 5.41) is 11.0. The highest BCUT2D eigenvalue weighted by Gasteiger charge is 2.17. The molecule has 98 valence electrons. The van der Waals surface area contributed by atoms with Crippen molar-refractivity contribution in [3.05, 3.63) is 24.3 Å². The van der Waals surface area contributed by atoms with E-state index in [2.05, 4.69) is 20.5 Å². The van der Waals surface area contributed by atoms with Crippen LogP contribution in [-0.4, -0.2) is 45.6 Å². The molecule has 1 N–H and O–H groups in total. The fourth-order valence-electron chi connectivity index (χ4n) is 2.19. The van der Waals surface area contributed by atoms with Gasteiger partial charge in [0.2, 0.25) is 11.9 Å². The fourth-order valence-corrected chi connectivity index (χ4v) is 2.19. The number of fused-ring (bicyclic) bond motifs is 1. The number of benzene rings is 1. The number of rotatable bonds is 3. The highest BCUT2D eigenvalue weighted by Crippen LogP contribution is 2.10. The van der Waals surface area contributed by atoms with E-state index in [9.17, 15) is 4.79 Å². The lowest BCUT2D eigenvalue weighted by molar-refractivity contribution is -0.128. The Morgan fingerprint density at radius 3 is 2.68 bits per heavy atom. The molecular formula is C13H15N5O. The molecule has 0 spiro atoms. The molecule has 0 radical (unpaired) electrons. The second-order valence-corrected chi connectivity index (χ2v) is 4.57. The van der Waals surface area contributed by atoms with Crippen molar-refractivity contribution in [3.63, 3.8) is 0 Å². The van der Waals surface area contributed by atoms with Crippen molar-refractivity contribution in [2.75, 3.05) is 25.0 Å². The number of likely N-dealkylation sites (tertiary alicyclic amines) is 1. The van der Waals surface area contributed by atoms with Gasteiger partial charge in [-0.3, -0.25) is 4.79 Å². The zero-order valence-electron chi connectivity index (χ0n) is 10.5. The number of para-hydroxylation sites is 1. The molecule has 3 rings (SSSR count). The quantitative estimate of drug-likeness (QED) is 0.890. The average Bonchev–Trinajstić information content (AvgIpc) is 2.99. The third-order valence-electron chi connectivity index (χ3n) is 3.22. The minimum Gasteiger partial charge on any atom is -0.344 e. The lowest BCUT2D eigenvalue weighted by Crippen LogP contribution is -2.33. The molecule has 1 aliphatic heterocycles. The van der Waals surface area contributed by atoms with E-state index in [0.717, 1.165) is 37.0 Å². The first-order valence-electron chi connectivity index (χ1n) is 6.44. The highest BCUT2D eigenvalue weighted by molar-refractivity contribution is 5.81. The molecule has 1 aliphatic rings. The Labute approximate surface area is 110 Å². The van der Waals surface area contributed by atoms with Crippen LogP contribution in [0.4, 0.5) is 5.95 Å². The van der Waals surface area contributed by atoms with Crippen molar-refractivity contribution in [2.45, 2.75) is 12.8 Å². The molecule has 6 heteroatoms. The van der Waals surface area contributed by atoms with Gasteiger partial charge < -0.3 is 10.2 Å². The molecule has 6 nitrogen and oxygen atoms in total. The summed E-state index contributed by atoms with van der Waals surface area (Å²) in [7, 11) is 0. The third-order valence-corrected chi connectivity index (χ3v) is 3.22. The van der Waals surface area contributed by atoms with Crippen molar-refractivity contribution in [1.82, 2.24) is 20.1 Å². The first-order chi connectivity index (χ1) is 9.33. The normalized spacial score (nSPS) is 14.8. The van der Waals surface area contributed by atoms with Crippen LogP contribution in [0.5, 0.6) is 0 Å². The van der Waals surface area contributed by atoms with Crippen molar-refractivity contribution in [2.24, 2.45) is 0 Å². The van der Waals surface area contributed by atoms with Crippen molar-refractivity contribution < 1.29 is 4.79 Å². The first-order valence-corrected chi connectivity index (χ1v) is 6.44. The van der Waals surface area contributed by atoms with Gasteiger partial charge in [0.05, 0.1) is 12.1 Å². The van der Waals surface area contributed by atoms with E-state index in [1.807, 2.05) is 29.2 Å². The smallest absolute Gasteiger partial charge is 0.243 e. The summed E-state index contributed by atoms with van der Waals surface area (Å²) in [6.07, 6.45) is 2.19. The summed E-state index contributed by atoms with van der Waals surface area (Å²) in [6, 6.07) is 7.52. The van der Waals surface area contributed by atoms with Crippen LogP contribution in [0.2, 0.25) is 0 Å². The SMILES string of the molecule is O=C(CNc1nnc2ccccc2n1)N1CCCC1. The first kappa shape index (κ1) is 11.8. The maximum absolute atomic E-state index is 11.9. The number of carbonyl (C=O) groups is 1. The number of amides is 1. The van der Waals surface area contributed by atoms with Crippen LogP contribution in [0, 0.1) is 0 Å². The lowest BCUT2D eigenvalue weighted by Gasteiger charge is -2.15. The number of nitrogens with zero attached hydrogens (tertiary/aromatic N) is 4. The molecule has 1 aromatic carbocycles. The third kappa shape index (κ3) is 2.62. The minimum atomic E-state index is 0.0919. The molecule has 0 saturated carbocycles. The van der Waals surface area contributed by atoms with E-state index in [4.69, 9.17) is 0 Å². The Bertz CT molecular complexity index is 594. The lowest BCUT2D eigenvalue weighted by atomic mass is 10.3. The highest BCUT2D eigenvalue weighted by atomic mass is 16.2. The Morgan fingerprint density at radius 2 is 1.89 bits per heavy atom. The minimum absolute atomic E-state index is 0.0919. The Balaban J connectivity index is 1.66. The topological polar surface area (TPSA) is 71.0 Å². The molecule has 2 aromatic rings.